The largest absolute Gasteiger partial charge is 0.384 e. The first-order chi connectivity index (χ1) is 6.88. The highest BCUT2D eigenvalue weighted by Gasteiger charge is 2.03. The van der Waals surface area contributed by atoms with E-state index in [4.69, 9.17) is 9.47 Å². The molecule has 0 unspecified atom stereocenters. The molecule has 0 saturated heterocycles. The molecule has 0 bridgehead atoms. The van der Waals surface area contributed by atoms with E-state index in [1.165, 1.54) is 0 Å². The SMILES string of the molecule is COCCc1nccnc1CCOC. The first-order valence-electron chi connectivity index (χ1n) is 4.65. The van der Waals surface area contributed by atoms with Gasteiger partial charge in [0.15, 0.2) is 0 Å². The summed E-state index contributed by atoms with van der Waals surface area (Å²) in [6.07, 6.45) is 5.04. The van der Waals surface area contributed by atoms with Crippen LogP contribution in [0.1, 0.15) is 11.4 Å². The maximum absolute atomic E-state index is 5.01. The molecule has 14 heavy (non-hydrogen) atoms. The molecule has 1 aromatic rings. The van der Waals surface area contributed by atoms with Crippen LogP contribution in [0, 0.1) is 0 Å². The monoisotopic (exact) mass is 196 g/mol. The Morgan fingerprint density at radius 1 is 0.929 bits per heavy atom. The van der Waals surface area contributed by atoms with Crippen molar-refractivity contribution in [3.8, 4) is 0 Å². The first-order valence-corrected chi connectivity index (χ1v) is 4.65. The van der Waals surface area contributed by atoms with E-state index in [2.05, 4.69) is 9.97 Å². The second-order valence-electron chi connectivity index (χ2n) is 2.94. The van der Waals surface area contributed by atoms with Crippen LogP contribution in [0.5, 0.6) is 0 Å². The number of rotatable bonds is 6. The Morgan fingerprint density at radius 3 is 1.71 bits per heavy atom. The van der Waals surface area contributed by atoms with Gasteiger partial charge < -0.3 is 9.47 Å². The number of ether oxygens (including phenoxy) is 2. The number of aromatic nitrogens is 2. The summed E-state index contributed by atoms with van der Waals surface area (Å²) in [5.74, 6) is 0. The molecule has 0 aliphatic carbocycles. The smallest absolute Gasteiger partial charge is 0.0642 e. The second-order valence-corrected chi connectivity index (χ2v) is 2.94. The molecule has 0 aliphatic rings. The molecule has 0 aliphatic heterocycles. The van der Waals surface area contributed by atoms with Crippen molar-refractivity contribution in [2.75, 3.05) is 27.4 Å². The molecule has 0 amide bonds. The summed E-state index contributed by atoms with van der Waals surface area (Å²) in [6.45, 7) is 1.36. The molecule has 1 rings (SSSR count). The highest BCUT2D eigenvalue weighted by molar-refractivity contribution is 5.11. The van der Waals surface area contributed by atoms with E-state index in [0.29, 0.717) is 13.2 Å². The van der Waals surface area contributed by atoms with Crippen molar-refractivity contribution < 1.29 is 9.47 Å². The van der Waals surface area contributed by atoms with Gasteiger partial charge in [-0.1, -0.05) is 0 Å². The van der Waals surface area contributed by atoms with E-state index >= 15 is 0 Å². The lowest BCUT2D eigenvalue weighted by Crippen LogP contribution is -2.06. The summed E-state index contributed by atoms with van der Waals surface area (Å²) in [5.41, 5.74) is 2.01. The zero-order valence-corrected chi connectivity index (χ0v) is 8.69. The minimum Gasteiger partial charge on any atom is -0.384 e. The predicted molar refractivity (Wildman–Crippen MR) is 53.2 cm³/mol. The Balaban J connectivity index is 2.60. The predicted octanol–water partition coefficient (Wildman–Crippen LogP) is 0.854. The van der Waals surface area contributed by atoms with Gasteiger partial charge in [0, 0.05) is 39.5 Å². The number of hydrogen-bond donors (Lipinski definition) is 0. The Labute approximate surface area is 84.3 Å². The molecule has 0 fully saturated rings. The Morgan fingerprint density at radius 2 is 1.36 bits per heavy atom. The molecule has 0 aromatic carbocycles. The summed E-state index contributed by atoms with van der Waals surface area (Å²) < 4.78 is 10.0. The van der Waals surface area contributed by atoms with Gasteiger partial charge in [-0.25, -0.2) is 0 Å². The van der Waals surface area contributed by atoms with Crippen LogP contribution in [-0.2, 0) is 22.3 Å². The molecule has 0 radical (unpaired) electrons. The van der Waals surface area contributed by atoms with Crippen molar-refractivity contribution in [1.29, 1.82) is 0 Å². The van der Waals surface area contributed by atoms with E-state index < -0.39 is 0 Å². The minimum atomic E-state index is 0.679. The quantitative estimate of drug-likeness (QED) is 0.676. The van der Waals surface area contributed by atoms with Crippen LogP contribution in [0.4, 0.5) is 0 Å². The molecule has 0 atom stereocenters. The summed E-state index contributed by atoms with van der Waals surface area (Å²) in [6, 6.07) is 0. The van der Waals surface area contributed by atoms with Crippen LogP contribution in [0.15, 0.2) is 12.4 Å². The fraction of sp³-hybridized carbons (Fsp3) is 0.600. The Bertz CT molecular complexity index is 239. The standard InChI is InChI=1S/C10H16N2O2/c1-13-7-3-9-10(4-8-14-2)12-6-5-11-9/h5-6H,3-4,7-8H2,1-2H3. The van der Waals surface area contributed by atoms with Crippen LogP contribution in [-0.4, -0.2) is 37.4 Å². The first kappa shape index (κ1) is 11.1. The van der Waals surface area contributed by atoms with E-state index in [-0.39, 0.29) is 0 Å². The Hall–Kier alpha value is -1.00. The third-order valence-electron chi connectivity index (χ3n) is 1.95. The van der Waals surface area contributed by atoms with Crippen LogP contribution in [0.2, 0.25) is 0 Å². The van der Waals surface area contributed by atoms with E-state index in [1.54, 1.807) is 26.6 Å². The van der Waals surface area contributed by atoms with Crippen LogP contribution in [0.3, 0.4) is 0 Å². The zero-order valence-electron chi connectivity index (χ0n) is 8.69. The summed E-state index contributed by atoms with van der Waals surface area (Å²) in [5, 5.41) is 0. The average molecular weight is 196 g/mol. The number of hydrogen-bond acceptors (Lipinski definition) is 4. The highest BCUT2D eigenvalue weighted by atomic mass is 16.5. The summed E-state index contributed by atoms with van der Waals surface area (Å²) >= 11 is 0. The van der Waals surface area contributed by atoms with Gasteiger partial charge in [-0.3, -0.25) is 9.97 Å². The van der Waals surface area contributed by atoms with Crippen molar-refractivity contribution >= 4 is 0 Å². The second kappa shape index (κ2) is 6.45. The lowest BCUT2D eigenvalue weighted by Gasteiger charge is -2.05. The maximum atomic E-state index is 5.01. The zero-order chi connectivity index (χ0) is 10.2. The van der Waals surface area contributed by atoms with Gasteiger partial charge in [-0.15, -0.1) is 0 Å². The van der Waals surface area contributed by atoms with Crippen molar-refractivity contribution in [2.45, 2.75) is 12.8 Å². The lowest BCUT2D eigenvalue weighted by atomic mass is 10.2. The number of nitrogens with zero attached hydrogens (tertiary/aromatic N) is 2. The Kier molecular flexibility index (Phi) is 5.11. The van der Waals surface area contributed by atoms with Gasteiger partial charge in [-0.2, -0.15) is 0 Å². The third-order valence-corrected chi connectivity index (χ3v) is 1.95. The van der Waals surface area contributed by atoms with E-state index in [0.717, 1.165) is 24.2 Å². The molecule has 1 heterocycles. The number of methoxy groups -OCH3 is 2. The molecule has 0 saturated carbocycles. The summed E-state index contributed by atoms with van der Waals surface area (Å²) in [4.78, 5) is 8.54. The topological polar surface area (TPSA) is 44.2 Å². The van der Waals surface area contributed by atoms with Crippen LogP contribution < -0.4 is 0 Å². The molecule has 4 heteroatoms. The molecular formula is C10H16N2O2. The lowest BCUT2D eigenvalue weighted by molar-refractivity contribution is 0.196. The normalized spacial score (nSPS) is 10.4. The molecule has 0 N–H and O–H groups in total. The fourth-order valence-electron chi connectivity index (χ4n) is 1.21. The van der Waals surface area contributed by atoms with Crippen molar-refractivity contribution in [2.24, 2.45) is 0 Å². The van der Waals surface area contributed by atoms with Crippen molar-refractivity contribution in [1.82, 2.24) is 9.97 Å². The molecular weight excluding hydrogens is 180 g/mol. The molecule has 78 valence electrons. The van der Waals surface area contributed by atoms with E-state index in [1.807, 2.05) is 0 Å². The van der Waals surface area contributed by atoms with Gasteiger partial charge in [0.1, 0.15) is 0 Å². The summed E-state index contributed by atoms with van der Waals surface area (Å²) in [7, 11) is 3.37. The molecule has 0 spiro atoms. The molecule has 1 aromatic heterocycles. The minimum absolute atomic E-state index is 0.679. The molecule has 4 nitrogen and oxygen atoms in total. The van der Waals surface area contributed by atoms with Gasteiger partial charge in [0.2, 0.25) is 0 Å². The van der Waals surface area contributed by atoms with Crippen molar-refractivity contribution in [3.05, 3.63) is 23.8 Å². The van der Waals surface area contributed by atoms with Gasteiger partial charge in [0.05, 0.1) is 24.6 Å². The van der Waals surface area contributed by atoms with E-state index in [9.17, 15) is 0 Å². The van der Waals surface area contributed by atoms with Gasteiger partial charge in [0.25, 0.3) is 0 Å². The highest BCUT2D eigenvalue weighted by Crippen LogP contribution is 2.03. The van der Waals surface area contributed by atoms with Gasteiger partial charge in [-0.05, 0) is 0 Å². The van der Waals surface area contributed by atoms with Crippen LogP contribution in [0.25, 0.3) is 0 Å². The van der Waals surface area contributed by atoms with Gasteiger partial charge >= 0.3 is 0 Å². The average Bonchev–Trinajstić information content (AvgIpc) is 2.24. The fourth-order valence-corrected chi connectivity index (χ4v) is 1.21. The third kappa shape index (κ3) is 3.40. The van der Waals surface area contributed by atoms with Crippen LogP contribution >= 0.6 is 0 Å². The van der Waals surface area contributed by atoms with Crippen molar-refractivity contribution in [3.63, 3.8) is 0 Å². The maximum Gasteiger partial charge on any atom is 0.0642 e.